The molecule has 1 rings (SSSR count). The average molecular weight is 81.1 g/mol. The van der Waals surface area contributed by atoms with Crippen LogP contribution >= 0.6 is 0 Å². The lowest BCUT2D eigenvalue weighted by molar-refractivity contribution is -0.114. The zero-order valence-electron chi connectivity index (χ0n) is 3.40. The summed E-state index contributed by atoms with van der Waals surface area (Å²) in [6.07, 6.45) is 5.92. The van der Waals surface area contributed by atoms with Crippen molar-refractivity contribution in [2.75, 3.05) is 0 Å². The summed E-state index contributed by atoms with van der Waals surface area (Å²) >= 11 is 0. The van der Waals surface area contributed by atoms with Crippen LogP contribution in [-0.2, 0) is 4.79 Å². The summed E-state index contributed by atoms with van der Waals surface area (Å²) < 4.78 is 0. The van der Waals surface area contributed by atoms with Crippen molar-refractivity contribution in [1.82, 2.24) is 0 Å². The highest BCUT2D eigenvalue weighted by atomic mass is 16.1. The smallest absolute Gasteiger partial charge is 0.231 e. The van der Waals surface area contributed by atoms with Gasteiger partial charge in [-0.1, -0.05) is 0 Å². The number of Topliss-reactive ketones (excluding diaryl/α,β-unsaturated/α-hetero) is 1. The Balaban J connectivity index is 2.59. The van der Waals surface area contributed by atoms with Gasteiger partial charge >= 0.3 is 11.9 Å². The van der Waals surface area contributed by atoms with Gasteiger partial charge < -0.3 is 0 Å². The van der Waals surface area contributed by atoms with E-state index in [0.717, 1.165) is 6.42 Å². The molecular formula is C5H5O+. The largest absolute Gasteiger partial charge is 0.391 e. The normalized spacial score (nSPS) is 18.3. The van der Waals surface area contributed by atoms with Crippen LogP contribution < -0.4 is 0 Å². The van der Waals surface area contributed by atoms with Gasteiger partial charge in [-0.3, -0.25) is 0 Å². The maximum absolute atomic E-state index is 10.1. The molecule has 0 aliphatic heterocycles. The molecule has 1 aliphatic rings. The van der Waals surface area contributed by atoms with Gasteiger partial charge in [0.2, 0.25) is 0 Å². The van der Waals surface area contributed by atoms with E-state index in [1.54, 1.807) is 6.08 Å². The molecule has 0 saturated carbocycles. The molecule has 1 heteroatoms. The zero-order valence-corrected chi connectivity index (χ0v) is 3.40. The van der Waals surface area contributed by atoms with E-state index in [9.17, 15) is 4.79 Å². The van der Waals surface area contributed by atoms with E-state index in [1.807, 2.05) is 0 Å². The molecule has 0 amide bonds. The Kier molecular flexibility index (Phi) is 0.697. The minimum absolute atomic E-state index is 0.148. The first kappa shape index (κ1) is 3.51. The summed E-state index contributed by atoms with van der Waals surface area (Å²) in [4.78, 5) is 10.1. The first-order valence-electron chi connectivity index (χ1n) is 2.00. The van der Waals surface area contributed by atoms with Gasteiger partial charge in [0.1, 0.15) is 0 Å². The molecule has 6 heavy (non-hydrogen) atoms. The van der Waals surface area contributed by atoms with E-state index < -0.39 is 0 Å². The molecule has 0 heterocycles. The SMILES string of the molecule is O=C1[C+]=CCC1. The van der Waals surface area contributed by atoms with Gasteiger partial charge in [-0.25, -0.2) is 4.79 Å². The van der Waals surface area contributed by atoms with Gasteiger partial charge in [0, 0.05) is 6.42 Å². The lowest BCUT2D eigenvalue weighted by atomic mass is 10.3. The van der Waals surface area contributed by atoms with Crippen molar-refractivity contribution in [1.29, 1.82) is 0 Å². The second-order valence-corrected chi connectivity index (χ2v) is 1.31. The third-order valence-corrected chi connectivity index (χ3v) is 0.779. The van der Waals surface area contributed by atoms with Crippen LogP contribution in [-0.4, -0.2) is 5.78 Å². The number of ketones is 1. The molecule has 0 radical (unpaired) electrons. The lowest BCUT2D eigenvalue weighted by Gasteiger charge is -1.58. The molecule has 0 fully saturated rings. The molecule has 1 aliphatic carbocycles. The fourth-order valence-electron chi connectivity index (χ4n) is 0.461. The van der Waals surface area contributed by atoms with Crippen molar-refractivity contribution in [3.8, 4) is 0 Å². The van der Waals surface area contributed by atoms with Crippen molar-refractivity contribution in [3.63, 3.8) is 0 Å². The van der Waals surface area contributed by atoms with Crippen molar-refractivity contribution in [3.05, 3.63) is 12.2 Å². The Morgan fingerprint density at radius 2 is 2.67 bits per heavy atom. The number of rotatable bonds is 0. The molecule has 0 bridgehead atoms. The number of hydrogen-bond donors (Lipinski definition) is 0. The van der Waals surface area contributed by atoms with Gasteiger partial charge in [0.05, 0.1) is 6.42 Å². The summed E-state index contributed by atoms with van der Waals surface area (Å²) in [7, 11) is 0. The van der Waals surface area contributed by atoms with E-state index in [4.69, 9.17) is 0 Å². The Labute approximate surface area is 36.7 Å². The van der Waals surface area contributed by atoms with Crippen LogP contribution in [0.5, 0.6) is 0 Å². The first-order chi connectivity index (χ1) is 2.89. The van der Waals surface area contributed by atoms with Gasteiger partial charge in [-0.15, -0.1) is 0 Å². The van der Waals surface area contributed by atoms with E-state index in [-0.39, 0.29) is 5.78 Å². The fourth-order valence-corrected chi connectivity index (χ4v) is 0.461. The van der Waals surface area contributed by atoms with Crippen LogP contribution in [0.4, 0.5) is 0 Å². The maximum Gasteiger partial charge on any atom is 0.391 e. The minimum atomic E-state index is 0.148. The summed E-state index contributed by atoms with van der Waals surface area (Å²) in [5.41, 5.74) is 0. The Morgan fingerprint density at radius 3 is 2.83 bits per heavy atom. The number of carbonyl (C=O) groups is 1. The molecule has 0 unspecified atom stereocenters. The third kappa shape index (κ3) is 0.447. The first-order valence-corrected chi connectivity index (χ1v) is 2.00. The molecule has 1 nitrogen and oxygen atoms in total. The highest BCUT2D eigenvalue weighted by Gasteiger charge is 2.16. The maximum atomic E-state index is 10.1. The quantitative estimate of drug-likeness (QED) is 0.392. The number of carbonyl (C=O) groups excluding carboxylic acids is 1. The lowest BCUT2D eigenvalue weighted by Crippen LogP contribution is -1.81. The van der Waals surface area contributed by atoms with Crippen molar-refractivity contribution >= 4 is 5.78 Å². The zero-order chi connectivity index (χ0) is 4.41. The fraction of sp³-hybridized carbons (Fsp3) is 0.400. The average Bonchev–Trinajstić information content (AvgIpc) is 1.86. The van der Waals surface area contributed by atoms with Crippen molar-refractivity contribution in [2.24, 2.45) is 0 Å². The molecule has 30 valence electrons. The predicted molar refractivity (Wildman–Crippen MR) is 22.1 cm³/mol. The molecular weight excluding hydrogens is 76.1 g/mol. The van der Waals surface area contributed by atoms with Crippen LogP contribution in [0.15, 0.2) is 6.08 Å². The second-order valence-electron chi connectivity index (χ2n) is 1.31. The van der Waals surface area contributed by atoms with Gasteiger partial charge in [0.15, 0.2) is 6.08 Å². The summed E-state index contributed by atoms with van der Waals surface area (Å²) in [6.45, 7) is 0. The molecule has 0 N–H and O–H groups in total. The minimum Gasteiger partial charge on any atom is -0.231 e. The predicted octanol–water partition coefficient (Wildman–Crippen LogP) is 0.709. The Bertz CT molecular complexity index is 92.1. The molecule has 0 spiro atoms. The monoisotopic (exact) mass is 81.0 g/mol. The van der Waals surface area contributed by atoms with E-state index >= 15 is 0 Å². The third-order valence-electron chi connectivity index (χ3n) is 0.779. The Hall–Kier alpha value is -0.680. The van der Waals surface area contributed by atoms with E-state index in [0.29, 0.717) is 6.42 Å². The Morgan fingerprint density at radius 1 is 1.83 bits per heavy atom. The molecule has 0 aromatic carbocycles. The highest BCUT2D eigenvalue weighted by molar-refractivity contribution is 5.87. The van der Waals surface area contributed by atoms with Crippen LogP contribution in [0.3, 0.4) is 0 Å². The van der Waals surface area contributed by atoms with E-state index in [2.05, 4.69) is 6.08 Å². The van der Waals surface area contributed by atoms with Gasteiger partial charge in [-0.05, 0) is 0 Å². The highest BCUT2D eigenvalue weighted by Crippen LogP contribution is 2.00. The van der Waals surface area contributed by atoms with Crippen LogP contribution in [0.1, 0.15) is 12.8 Å². The summed E-state index contributed by atoms with van der Waals surface area (Å²) in [5.74, 6) is 0.148. The van der Waals surface area contributed by atoms with Crippen molar-refractivity contribution < 1.29 is 4.79 Å². The van der Waals surface area contributed by atoms with Crippen molar-refractivity contribution in [2.45, 2.75) is 12.8 Å². The molecule has 0 saturated heterocycles. The number of hydrogen-bond acceptors (Lipinski definition) is 1. The van der Waals surface area contributed by atoms with Gasteiger partial charge in [-0.2, -0.15) is 0 Å². The van der Waals surface area contributed by atoms with Crippen LogP contribution in [0.2, 0.25) is 0 Å². The second kappa shape index (κ2) is 1.19. The standard InChI is InChI=1S/C5H5O/c6-5-3-1-2-4-5/h1H,2,4H2/q+1. The van der Waals surface area contributed by atoms with E-state index in [1.165, 1.54) is 0 Å². The van der Waals surface area contributed by atoms with Crippen LogP contribution in [0, 0.1) is 6.08 Å². The molecule has 0 atom stereocenters. The topological polar surface area (TPSA) is 17.1 Å². The molecule has 0 aromatic rings. The van der Waals surface area contributed by atoms with Gasteiger partial charge in [0.25, 0.3) is 0 Å². The summed E-state index contributed by atoms with van der Waals surface area (Å²) in [6, 6.07) is 0. The van der Waals surface area contributed by atoms with Crippen LogP contribution in [0.25, 0.3) is 0 Å². The summed E-state index contributed by atoms with van der Waals surface area (Å²) in [5, 5.41) is 0. The molecule has 0 aromatic heterocycles. The number of allylic oxidation sites excluding steroid dienone is 2.